The van der Waals surface area contributed by atoms with Gasteiger partial charge in [0, 0.05) is 22.8 Å². The van der Waals surface area contributed by atoms with E-state index in [-0.39, 0.29) is 23.1 Å². The summed E-state index contributed by atoms with van der Waals surface area (Å²) in [6.07, 6.45) is -0.219. The predicted molar refractivity (Wildman–Crippen MR) is 163 cm³/mol. The van der Waals surface area contributed by atoms with Crippen LogP contribution in [0.25, 0.3) is 0 Å². The normalized spacial score (nSPS) is 20.6. The van der Waals surface area contributed by atoms with E-state index < -0.39 is 24.8 Å². The monoisotopic (exact) mass is 564 g/mol. The lowest BCUT2D eigenvalue weighted by atomic mass is 9.73. The van der Waals surface area contributed by atoms with Crippen LogP contribution < -0.4 is 4.74 Å². The highest BCUT2D eigenvalue weighted by molar-refractivity contribution is 5.68. The van der Waals surface area contributed by atoms with Crippen LogP contribution in [0.4, 0.5) is 4.39 Å². The molecule has 0 aliphatic carbocycles. The first-order valence-electron chi connectivity index (χ1n) is 14.3. The van der Waals surface area contributed by atoms with Crippen molar-refractivity contribution in [3.63, 3.8) is 0 Å². The molecule has 0 bridgehead atoms. The fourth-order valence-electron chi connectivity index (χ4n) is 6.08. The van der Waals surface area contributed by atoms with Gasteiger partial charge in [0.25, 0.3) is 0 Å². The Kier molecular flexibility index (Phi) is 8.60. The second kappa shape index (κ2) is 12.3. The Bertz CT molecular complexity index is 1550. The van der Waals surface area contributed by atoms with Crippen molar-refractivity contribution in [3.05, 3.63) is 149 Å². The molecule has 1 aliphatic rings. The Hall–Kier alpha value is -4.22. The SMILES string of the molecule is C=C(C)[C@H]1C[C@H](c2ccccc2)[C@H](c2cccc(F)c2)O[C@@H]1c1cc(C(C)(C)c2ccccc2)ccc1OCC(=O)O. The van der Waals surface area contributed by atoms with E-state index >= 15 is 0 Å². The van der Waals surface area contributed by atoms with E-state index in [1.165, 1.54) is 12.1 Å². The van der Waals surface area contributed by atoms with Crippen LogP contribution in [0.3, 0.4) is 0 Å². The van der Waals surface area contributed by atoms with E-state index in [4.69, 9.17) is 9.47 Å². The van der Waals surface area contributed by atoms with Crippen LogP contribution in [-0.2, 0) is 14.9 Å². The number of ether oxygens (including phenoxy) is 2. The average Bonchev–Trinajstić information content (AvgIpc) is 3.00. The molecule has 1 saturated heterocycles. The van der Waals surface area contributed by atoms with Crippen LogP contribution in [0.2, 0.25) is 0 Å². The zero-order valence-corrected chi connectivity index (χ0v) is 24.3. The van der Waals surface area contributed by atoms with Gasteiger partial charge in [0.1, 0.15) is 11.6 Å². The van der Waals surface area contributed by atoms with Crippen molar-refractivity contribution in [3.8, 4) is 5.75 Å². The summed E-state index contributed by atoms with van der Waals surface area (Å²) >= 11 is 0. The third kappa shape index (κ3) is 6.17. The molecule has 1 fully saturated rings. The maximum atomic E-state index is 14.5. The Morgan fingerprint density at radius 1 is 0.905 bits per heavy atom. The van der Waals surface area contributed by atoms with E-state index in [1.807, 2.05) is 61.5 Å². The maximum absolute atomic E-state index is 14.5. The second-order valence-electron chi connectivity index (χ2n) is 11.7. The number of hydrogen-bond acceptors (Lipinski definition) is 3. The van der Waals surface area contributed by atoms with Gasteiger partial charge >= 0.3 is 5.97 Å². The van der Waals surface area contributed by atoms with Gasteiger partial charge in [-0.05, 0) is 59.9 Å². The van der Waals surface area contributed by atoms with Gasteiger partial charge in [-0.15, -0.1) is 0 Å². The summed E-state index contributed by atoms with van der Waals surface area (Å²) in [5.74, 6) is -1.06. The van der Waals surface area contributed by atoms with Gasteiger partial charge < -0.3 is 14.6 Å². The molecule has 42 heavy (non-hydrogen) atoms. The number of carbonyl (C=O) groups is 1. The molecule has 4 aromatic rings. The summed E-state index contributed by atoms with van der Waals surface area (Å²) in [6, 6.07) is 32.9. The number of rotatable bonds is 9. The molecule has 4 atom stereocenters. The molecule has 0 spiro atoms. The molecule has 1 N–H and O–H groups in total. The van der Waals surface area contributed by atoms with E-state index in [1.54, 1.807) is 6.07 Å². The summed E-state index contributed by atoms with van der Waals surface area (Å²) in [5, 5.41) is 9.42. The van der Waals surface area contributed by atoms with Crippen molar-refractivity contribution < 1.29 is 23.8 Å². The summed E-state index contributed by atoms with van der Waals surface area (Å²) < 4.78 is 27.4. The molecular formula is C37H37FO4. The number of aliphatic carboxylic acids is 1. The minimum Gasteiger partial charge on any atom is -0.482 e. The van der Waals surface area contributed by atoms with Crippen LogP contribution in [-0.4, -0.2) is 17.7 Å². The lowest BCUT2D eigenvalue weighted by Gasteiger charge is -2.43. The van der Waals surface area contributed by atoms with Crippen molar-refractivity contribution >= 4 is 5.97 Å². The van der Waals surface area contributed by atoms with Crippen LogP contribution in [0.1, 0.15) is 73.1 Å². The molecule has 4 nitrogen and oxygen atoms in total. The van der Waals surface area contributed by atoms with Crippen molar-refractivity contribution in [2.45, 2.75) is 50.7 Å². The van der Waals surface area contributed by atoms with E-state index in [0.29, 0.717) is 5.75 Å². The summed E-state index contributed by atoms with van der Waals surface area (Å²) in [4.78, 5) is 11.5. The fraction of sp³-hybridized carbons (Fsp3) is 0.270. The third-order valence-corrected chi connectivity index (χ3v) is 8.45. The molecule has 0 saturated carbocycles. The van der Waals surface area contributed by atoms with Crippen LogP contribution in [0.15, 0.2) is 115 Å². The van der Waals surface area contributed by atoms with E-state index in [0.717, 1.165) is 39.8 Å². The minimum atomic E-state index is -1.06. The molecule has 0 aromatic heterocycles. The molecule has 5 heteroatoms. The Morgan fingerprint density at radius 3 is 2.21 bits per heavy atom. The summed E-state index contributed by atoms with van der Waals surface area (Å²) in [7, 11) is 0. The van der Waals surface area contributed by atoms with E-state index in [9.17, 15) is 14.3 Å². The first kappa shape index (κ1) is 29.3. The van der Waals surface area contributed by atoms with Gasteiger partial charge in [-0.3, -0.25) is 0 Å². The lowest BCUT2D eigenvalue weighted by molar-refractivity contribution is -0.139. The summed E-state index contributed by atoms with van der Waals surface area (Å²) in [6.45, 7) is 10.2. The zero-order valence-electron chi connectivity index (χ0n) is 24.3. The standard InChI is InChI=1S/C37H37FO4/c1-24(2)30-22-31(25-12-7-5-8-13-25)35(26-14-11-17-29(38)20-26)42-36(30)32-21-28(18-19-33(32)41-23-34(39)40)37(3,4)27-15-9-6-10-16-27/h5-21,30-31,35-36H,1,22-23H2,2-4H3,(H,39,40)/t30-,31-,35+,36+/m1/s1. The van der Waals surface area contributed by atoms with E-state index in [2.05, 4.69) is 50.8 Å². The predicted octanol–water partition coefficient (Wildman–Crippen LogP) is 8.79. The third-order valence-electron chi connectivity index (χ3n) is 8.45. The molecule has 0 amide bonds. The van der Waals surface area contributed by atoms with Crippen molar-refractivity contribution in [2.75, 3.05) is 6.61 Å². The number of halogens is 1. The first-order valence-corrected chi connectivity index (χ1v) is 14.3. The maximum Gasteiger partial charge on any atom is 0.341 e. The van der Waals surface area contributed by atoms with Gasteiger partial charge in [-0.25, -0.2) is 9.18 Å². The lowest BCUT2D eigenvalue weighted by Crippen LogP contribution is -2.32. The number of hydrogen-bond donors (Lipinski definition) is 1. The fourth-order valence-corrected chi connectivity index (χ4v) is 6.08. The highest BCUT2D eigenvalue weighted by atomic mass is 19.1. The smallest absolute Gasteiger partial charge is 0.341 e. The highest BCUT2D eigenvalue weighted by Gasteiger charge is 2.42. The summed E-state index contributed by atoms with van der Waals surface area (Å²) in [5.41, 5.74) is 5.43. The average molecular weight is 565 g/mol. The van der Waals surface area contributed by atoms with Crippen LogP contribution in [0.5, 0.6) is 5.75 Å². The molecule has 0 unspecified atom stereocenters. The highest BCUT2D eigenvalue weighted by Crippen LogP contribution is 2.53. The van der Waals surface area contributed by atoms with Gasteiger partial charge in [-0.2, -0.15) is 0 Å². The number of carboxylic acids is 1. The molecular weight excluding hydrogens is 527 g/mol. The quantitative estimate of drug-likeness (QED) is 0.206. The van der Waals surface area contributed by atoms with Crippen molar-refractivity contribution in [1.29, 1.82) is 0 Å². The minimum absolute atomic E-state index is 0.0433. The van der Waals surface area contributed by atoms with Crippen LogP contribution in [0, 0.1) is 11.7 Å². The number of carboxylic acid groups (broad SMARTS) is 1. The molecule has 4 aromatic carbocycles. The molecule has 0 radical (unpaired) electrons. The number of benzene rings is 4. The molecule has 1 aliphatic heterocycles. The van der Waals surface area contributed by atoms with Gasteiger partial charge in [-0.1, -0.05) is 105 Å². The second-order valence-corrected chi connectivity index (χ2v) is 11.7. The van der Waals surface area contributed by atoms with Gasteiger partial charge in [0.2, 0.25) is 0 Å². The Morgan fingerprint density at radius 2 is 1.57 bits per heavy atom. The first-order chi connectivity index (χ1) is 20.1. The Labute approximate surface area is 247 Å². The molecule has 1 heterocycles. The van der Waals surface area contributed by atoms with Crippen LogP contribution >= 0.6 is 0 Å². The molecule has 216 valence electrons. The van der Waals surface area contributed by atoms with Gasteiger partial charge in [0.05, 0.1) is 12.2 Å². The van der Waals surface area contributed by atoms with Crippen molar-refractivity contribution in [2.24, 2.45) is 5.92 Å². The van der Waals surface area contributed by atoms with Gasteiger partial charge in [0.15, 0.2) is 6.61 Å². The largest absolute Gasteiger partial charge is 0.482 e. The molecule has 5 rings (SSSR count). The Balaban J connectivity index is 1.65. The van der Waals surface area contributed by atoms with Crippen molar-refractivity contribution in [1.82, 2.24) is 0 Å². The zero-order chi connectivity index (χ0) is 29.9. The topological polar surface area (TPSA) is 55.8 Å².